The van der Waals surface area contributed by atoms with E-state index in [1.807, 2.05) is 0 Å². The zero-order chi connectivity index (χ0) is 15.1. The molecule has 0 aliphatic rings. The standard InChI is InChI=1S/C17H22N2S2/c1-3-4-6-14-8-10-15(11-9-14)19-17(20)18-13(2)16-7-5-12-21-16/h5,7-13H,3-4,6H2,1-2H3,(H2,18,19,20)/t13-/m0/s1. The maximum atomic E-state index is 5.37. The Morgan fingerprint density at radius 1 is 1.24 bits per heavy atom. The second kappa shape index (κ2) is 8.15. The van der Waals surface area contributed by atoms with Gasteiger partial charge in [-0.25, -0.2) is 0 Å². The van der Waals surface area contributed by atoms with E-state index in [1.54, 1.807) is 11.3 Å². The number of hydrogen-bond acceptors (Lipinski definition) is 2. The average molecular weight is 319 g/mol. The fourth-order valence-electron chi connectivity index (χ4n) is 2.11. The molecule has 2 nitrogen and oxygen atoms in total. The summed E-state index contributed by atoms with van der Waals surface area (Å²) < 4.78 is 0. The predicted octanol–water partition coefficient (Wildman–Crippen LogP) is 5.14. The highest BCUT2D eigenvalue weighted by Crippen LogP contribution is 2.18. The van der Waals surface area contributed by atoms with Gasteiger partial charge in [0.25, 0.3) is 0 Å². The zero-order valence-corrected chi connectivity index (χ0v) is 14.2. The van der Waals surface area contributed by atoms with Gasteiger partial charge in [0, 0.05) is 10.6 Å². The molecule has 0 amide bonds. The molecule has 1 heterocycles. The molecule has 0 radical (unpaired) electrons. The summed E-state index contributed by atoms with van der Waals surface area (Å²) in [7, 11) is 0. The van der Waals surface area contributed by atoms with Gasteiger partial charge in [-0.1, -0.05) is 31.5 Å². The van der Waals surface area contributed by atoms with Crippen molar-refractivity contribution in [2.45, 2.75) is 39.2 Å². The van der Waals surface area contributed by atoms with Crippen molar-refractivity contribution < 1.29 is 0 Å². The third-order valence-corrected chi connectivity index (χ3v) is 4.62. The lowest BCUT2D eigenvalue weighted by atomic mass is 10.1. The smallest absolute Gasteiger partial charge is 0.171 e. The molecule has 0 unspecified atom stereocenters. The van der Waals surface area contributed by atoms with Gasteiger partial charge in [0.1, 0.15) is 0 Å². The fourth-order valence-corrected chi connectivity index (χ4v) is 3.14. The maximum Gasteiger partial charge on any atom is 0.171 e. The Morgan fingerprint density at radius 2 is 2.00 bits per heavy atom. The summed E-state index contributed by atoms with van der Waals surface area (Å²) in [5, 5.41) is 9.30. The van der Waals surface area contributed by atoms with Gasteiger partial charge in [-0.2, -0.15) is 0 Å². The third kappa shape index (κ3) is 5.14. The van der Waals surface area contributed by atoms with Crippen LogP contribution in [0.3, 0.4) is 0 Å². The molecular weight excluding hydrogens is 296 g/mol. The summed E-state index contributed by atoms with van der Waals surface area (Å²) in [6.45, 7) is 4.34. The molecule has 0 aliphatic carbocycles. The van der Waals surface area contributed by atoms with Crippen LogP contribution in [-0.2, 0) is 6.42 Å². The number of hydrogen-bond donors (Lipinski definition) is 2. The topological polar surface area (TPSA) is 24.1 Å². The SMILES string of the molecule is CCCCc1ccc(NC(=S)N[C@@H](C)c2cccs2)cc1. The molecule has 2 rings (SSSR count). The van der Waals surface area contributed by atoms with Crippen LogP contribution in [0.1, 0.15) is 43.2 Å². The van der Waals surface area contributed by atoms with Crippen molar-refractivity contribution >= 4 is 34.4 Å². The quantitative estimate of drug-likeness (QED) is 0.721. The molecule has 1 aromatic heterocycles. The molecule has 2 aromatic rings. The van der Waals surface area contributed by atoms with Gasteiger partial charge in [0.05, 0.1) is 6.04 Å². The lowest BCUT2D eigenvalue weighted by molar-refractivity contribution is 0.737. The number of thiocarbonyl (C=S) groups is 1. The highest BCUT2D eigenvalue weighted by Gasteiger charge is 2.07. The van der Waals surface area contributed by atoms with E-state index in [4.69, 9.17) is 12.2 Å². The van der Waals surface area contributed by atoms with Crippen molar-refractivity contribution in [3.63, 3.8) is 0 Å². The molecule has 1 aromatic carbocycles. The van der Waals surface area contributed by atoms with Gasteiger partial charge >= 0.3 is 0 Å². The van der Waals surface area contributed by atoms with Crippen LogP contribution in [0.5, 0.6) is 0 Å². The molecule has 0 spiro atoms. The van der Waals surface area contributed by atoms with E-state index in [0.717, 1.165) is 12.1 Å². The Balaban J connectivity index is 1.84. The van der Waals surface area contributed by atoms with E-state index in [-0.39, 0.29) is 6.04 Å². The van der Waals surface area contributed by atoms with E-state index >= 15 is 0 Å². The van der Waals surface area contributed by atoms with E-state index in [0.29, 0.717) is 5.11 Å². The monoisotopic (exact) mass is 318 g/mol. The number of aryl methyl sites for hydroxylation is 1. The van der Waals surface area contributed by atoms with E-state index in [9.17, 15) is 0 Å². The van der Waals surface area contributed by atoms with Crippen LogP contribution in [-0.4, -0.2) is 5.11 Å². The van der Waals surface area contributed by atoms with Crippen LogP contribution >= 0.6 is 23.6 Å². The maximum absolute atomic E-state index is 5.37. The third-order valence-electron chi connectivity index (χ3n) is 3.35. The normalized spacial score (nSPS) is 11.9. The van der Waals surface area contributed by atoms with Gasteiger partial charge in [-0.3, -0.25) is 0 Å². The molecule has 21 heavy (non-hydrogen) atoms. The van der Waals surface area contributed by atoms with Crippen molar-refractivity contribution in [2.75, 3.05) is 5.32 Å². The summed E-state index contributed by atoms with van der Waals surface area (Å²) in [4.78, 5) is 1.29. The molecule has 0 saturated carbocycles. The summed E-state index contributed by atoms with van der Waals surface area (Å²) in [6.07, 6.45) is 3.62. The fraction of sp³-hybridized carbons (Fsp3) is 0.353. The van der Waals surface area contributed by atoms with Gasteiger partial charge in [-0.15, -0.1) is 11.3 Å². The Kier molecular flexibility index (Phi) is 6.21. The minimum absolute atomic E-state index is 0.230. The van der Waals surface area contributed by atoms with Crippen LogP contribution in [0.2, 0.25) is 0 Å². The van der Waals surface area contributed by atoms with Crippen LogP contribution in [0.25, 0.3) is 0 Å². The van der Waals surface area contributed by atoms with Crippen molar-refractivity contribution in [1.29, 1.82) is 0 Å². The number of unbranched alkanes of at least 4 members (excludes halogenated alkanes) is 1. The molecule has 0 saturated heterocycles. The largest absolute Gasteiger partial charge is 0.355 e. The predicted molar refractivity (Wildman–Crippen MR) is 97.1 cm³/mol. The van der Waals surface area contributed by atoms with Crippen molar-refractivity contribution in [3.05, 3.63) is 52.2 Å². The highest BCUT2D eigenvalue weighted by atomic mass is 32.1. The average Bonchev–Trinajstić information content (AvgIpc) is 3.01. The van der Waals surface area contributed by atoms with Gasteiger partial charge in [-0.05, 0) is 61.1 Å². The van der Waals surface area contributed by atoms with Gasteiger partial charge in [0.15, 0.2) is 5.11 Å². The molecular formula is C17H22N2S2. The number of thiophene rings is 1. The lowest BCUT2D eigenvalue weighted by Crippen LogP contribution is -2.30. The summed E-state index contributed by atoms with van der Waals surface area (Å²) in [5.74, 6) is 0. The van der Waals surface area contributed by atoms with E-state index in [1.165, 1.54) is 23.3 Å². The molecule has 2 N–H and O–H groups in total. The number of nitrogens with one attached hydrogen (secondary N) is 2. The molecule has 0 aliphatic heterocycles. The summed E-state index contributed by atoms with van der Waals surface area (Å²) >= 11 is 7.11. The van der Waals surface area contributed by atoms with Gasteiger partial charge in [0.2, 0.25) is 0 Å². The second-order valence-corrected chi connectivity index (χ2v) is 6.52. The van der Waals surface area contributed by atoms with Crippen molar-refractivity contribution in [1.82, 2.24) is 5.32 Å². The van der Waals surface area contributed by atoms with Crippen LogP contribution in [0, 0.1) is 0 Å². The highest BCUT2D eigenvalue weighted by molar-refractivity contribution is 7.80. The number of benzene rings is 1. The Bertz CT molecular complexity index is 547. The van der Waals surface area contributed by atoms with Crippen molar-refractivity contribution in [3.8, 4) is 0 Å². The first kappa shape index (κ1) is 16.0. The summed E-state index contributed by atoms with van der Waals surface area (Å²) in [5.41, 5.74) is 2.42. The first-order chi connectivity index (χ1) is 10.2. The minimum atomic E-state index is 0.230. The lowest BCUT2D eigenvalue weighted by Gasteiger charge is -2.16. The Morgan fingerprint density at radius 3 is 2.62 bits per heavy atom. The molecule has 112 valence electrons. The van der Waals surface area contributed by atoms with Crippen molar-refractivity contribution in [2.24, 2.45) is 0 Å². The number of anilines is 1. The van der Waals surface area contributed by atoms with Crippen LogP contribution < -0.4 is 10.6 Å². The second-order valence-electron chi connectivity index (χ2n) is 5.14. The molecule has 0 bridgehead atoms. The van der Waals surface area contributed by atoms with Gasteiger partial charge < -0.3 is 10.6 Å². The van der Waals surface area contributed by atoms with E-state index < -0.39 is 0 Å². The molecule has 4 heteroatoms. The summed E-state index contributed by atoms with van der Waals surface area (Å²) in [6, 6.07) is 12.9. The number of rotatable bonds is 6. The Labute approximate surface area is 136 Å². The minimum Gasteiger partial charge on any atom is -0.355 e. The molecule has 1 atom stereocenters. The molecule has 0 fully saturated rings. The van der Waals surface area contributed by atoms with Crippen LogP contribution in [0.4, 0.5) is 5.69 Å². The first-order valence-corrected chi connectivity index (χ1v) is 8.67. The van der Waals surface area contributed by atoms with E-state index in [2.05, 4.69) is 66.3 Å². The Hall–Kier alpha value is -1.39. The first-order valence-electron chi connectivity index (χ1n) is 7.39. The zero-order valence-electron chi connectivity index (χ0n) is 12.6. The van der Waals surface area contributed by atoms with Crippen LogP contribution in [0.15, 0.2) is 41.8 Å².